The summed E-state index contributed by atoms with van der Waals surface area (Å²) in [6, 6.07) is -0.233. The van der Waals surface area contributed by atoms with Crippen molar-refractivity contribution in [3.63, 3.8) is 0 Å². The van der Waals surface area contributed by atoms with Crippen molar-refractivity contribution in [2.24, 2.45) is 5.73 Å². The maximum atomic E-state index is 9.35. The molecular weight excluding hydrogens is 146 g/mol. The number of methoxy groups -OCH3 is 1. The number of aliphatic hydroxyl groups is 1. The molecule has 1 fully saturated rings. The van der Waals surface area contributed by atoms with Gasteiger partial charge in [-0.1, -0.05) is 0 Å². The number of aliphatic hydroxyl groups excluding tert-OH is 1. The number of rotatable bonds is 1. The highest BCUT2D eigenvalue weighted by atomic mass is 16.7. The van der Waals surface area contributed by atoms with Gasteiger partial charge in [0.1, 0.15) is 0 Å². The molecule has 0 aromatic carbocycles. The summed E-state index contributed by atoms with van der Waals surface area (Å²) in [6.45, 7) is 1.79. The van der Waals surface area contributed by atoms with Gasteiger partial charge in [-0.2, -0.15) is 0 Å². The predicted molar refractivity (Wildman–Crippen MR) is 39.9 cm³/mol. The second-order valence-corrected chi connectivity index (χ2v) is 2.90. The summed E-state index contributed by atoms with van der Waals surface area (Å²) in [6.07, 6.45) is -0.504. The van der Waals surface area contributed by atoms with Crippen LogP contribution in [0, 0.1) is 0 Å². The fraction of sp³-hybridized carbons (Fsp3) is 1.00. The summed E-state index contributed by atoms with van der Waals surface area (Å²) in [5.41, 5.74) is 5.62. The highest BCUT2D eigenvalue weighted by Gasteiger charge is 2.32. The third kappa shape index (κ3) is 1.90. The molecule has 11 heavy (non-hydrogen) atoms. The summed E-state index contributed by atoms with van der Waals surface area (Å²) in [4.78, 5) is 0. The van der Waals surface area contributed by atoms with Crippen molar-refractivity contribution in [1.29, 1.82) is 0 Å². The Morgan fingerprint density at radius 2 is 2.27 bits per heavy atom. The Labute approximate surface area is 66.3 Å². The summed E-state index contributed by atoms with van der Waals surface area (Å²) >= 11 is 0. The molecule has 0 spiro atoms. The van der Waals surface area contributed by atoms with Crippen molar-refractivity contribution in [1.82, 2.24) is 0 Å². The van der Waals surface area contributed by atoms with E-state index in [-0.39, 0.29) is 18.4 Å². The van der Waals surface area contributed by atoms with Gasteiger partial charge in [0.15, 0.2) is 6.29 Å². The molecule has 1 aliphatic rings. The molecule has 0 bridgehead atoms. The molecule has 4 atom stereocenters. The SMILES string of the molecule is CO[C@@H]1C[C@H](N)[C@@H](O)[C@H](C)O1. The Bertz CT molecular complexity index is 119. The van der Waals surface area contributed by atoms with Crippen molar-refractivity contribution in [2.45, 2.75) is 37.9 Å². The van der Waals surface area contributed by atoms with Crippen molar-refractivity contribution >= 4 is 0 Å². The Morgan fingerprint density at radius 3 is 2.73 bits per heavy atom. The molecule has 4 heteroatoms. The smallest absolute Gasteiger partial charge is 0.159 e. The van der Waals surface area contributed by atoms with E-state index in [9.17, 15) is 5.11 Å². The number of nitrogens with two attached hydrogens (primary N) is 1. The van der Waals surface area contributed by atoms with E-state index in [1.807, 2.05) is 0 Å². The van der Waals surface area contributed by atoms with Crippen LogP contribution in [0.15, 0.2) is 0 Å². The number of hydrogen-bond donors (Lipinski definition) is 2. The first-order valence-electron chi connectivity index (χ1n) is 3.77. The molecule has 0 unspecified atom stereocenters. The minimum atomic E-state index is -0.568. The van der Waals surface area contributed by atoms with Gasteiger partial charge in [-0.15, -0.1) is 0 Å². The van der Waals surface area contributed by atoms with Crippen molar-refractivity contribution < 1.29 is 14.6 Å². The quantitative estimate of drug-likeness (QED) is 0.542. The Balaban J connectivity index is 2.47. The largest absolute Gasteiger partial charge is 0.389 e. The van der Waals surface area contributed by atoms with Gasteiger partial charge < -0.3 is 20.3 Å². The lowest BCUT2D eigenvalue weighted by Crippen LogP contribution is -2.51. The Kier molecular flexibility index (Phi) is 2.84. The Hall–Kier alpha value is -0.160. The van der Waals surface area contributed by atoms with E-state index in [0.29, 0.717) is 6.42 Å². The highest BCUT2D eigenvalue weighted by molar-refractivity contribution is 4.82. The maximum Gasteiger partial charge on any atom is 0.159 e. The Morgan fingerprint density at radius 1 is 1.64 bits per heavy atom. The molecule has 0 aromatic heterocycles. The number of ether oxygens (including phenoxy) is 2. The van der Waals surface area contributed by atoms with Crippen LogP contribution in [0.2, 0.25) is 0 Å². The van der Waals surface area contributed by atoms with Crippen LogP contribution in [0.4, 0.5) is 0 Å². The molecule has 1 heterocycles. The van der Waals surface area contributed by atoms with Gasteiger partial charge in [0.05, 0.1) is 12.2 Å². The van der Waals surface area contributed by atoms with Crippen LogP contribution in [0.3, 0.4) is 0 Å². The van der Waals surface area contributed by atoms with Crippen LogP contribution in [0.5, 0.6) is 0 Å². The van der Waals surface area contributed by atoms with Gasteiger partial charge in [0.25, 0.3) is 0 Å². The van der Waals surface area contributed by atoms with Gasteiger partial charge in [-0.3, -0.25) is 0 Å². The maximum absolute atomic E-state index is 9.35. The molecule has 66 valence electrons. The molecule has 0 saturated carbocycles. The highest BCUT2D eigenvalue weighted by Crippen LogP contribution is 2.18. The monoisotopic (exact) mass is 161 g/mol. The molecule has 0 radical (unpaired) electrons. The van der Waals surface area contributed by atoms with E-state index < -0.39 is 6.10 Å². The second-order valence-electron chi connectivity index (χ2n) is 2.90. The third-order valence-electron chi connectivity index (χ3n) is 2.01. The van der Waals surface area contributed by atoms with Crippen molar-refractivity contribution in [2.75, 3.05) is 7.11 Å². The average molecular weight is 161 g/mol. The van der Waals surface area contributed by atoms with Gasteiger partial charge in [-0.05, 0) is 6.92 Å². The zero-order chi connectivity index (χ0) is 8.43. The summed E-state index contributed by atoms with van der Waals surface area (Å²) < 4.78 is 10.2. The van der Waals surface area contributed by atoms with Gasteiger partial charge in [0.2, 0.25) is 0 Å². The molecular formula is C7H15NO3. The molecule has 1 saturated heterocycles. The molecule has 0 amide bonds. The first-order chi connectivity index (χ1) is 5.15. The lowest BCUT2D eigenvalue weighted by Gasteiger charge is -2.35. The van der Waals surface area contributed by atoms with E-state index in [1.165, 1.54) is 0 Å². The predicted octanol–water partition coefficient (Wildman–Crippen LogP) is -0.544. The van der Waals surface area contributed by atoms with Crippen LogP contribution in [-0.2, 0) is 9.47 Å². The van der Waals surface area contributed by atoms with Crippen LogP contribution >= 0.6 is 0 Å². The number of hydrogen-bond acceptors (Lipinski definition) is 4. The molecule has 0 aromatic rings. The fourth-order valence-electron chi connectivity index (χ4n) is 1.24. The summed E-state index contributed by atoms with van der Waals surface area (Å²) in [5, 5.41) is 9.35. The molecule has 3 N–H and O–H groups in total. The van der Waals surface area contributed by atoms with Crippen LogP contribution in [0.25, 0.3) is 0 Å². The fourth-order valence-corrected chi connectivity index (χ4v) is 1.24. The van der Waals surface area contributed by atoms with E-state index >= 15 is 0 Å². The standard InChI is InChI=1S/C7H15NO3/c1-4-7(9)5(8)3-6(10-2)11-4/h4-7,9H,3,8H2,1-2H3/t4-,5-,6-,7-/m0/s1. The van der Waals surface area contributed by atoms with Crippen molar-refractivity contribution in [3.05, 3.63) is 0 Å². The van der Waals surface area contributed by atoms with Gasteiger partial charge in [-0.25, -0.2) is 0 Å². The third-order valence-corrected chi connectivity index (χ3v) is 2.01. The molecule has 1 rings (SSSR count). The lowest BCUT2D eigenvalue weighted by molar-refractivity contribution is -0.211. The zero-order valence-corrected chi connectivity index (χ0v) is 6.86. The van der Waals surface area contributed by atoms with Crippen LogP contribution in [0.1, 0.15) is 13.3 Å². The zero-order valence-electron chi connectivity index (χ0n) is 6.86. The first kappa shape index (κ1) is 8.93. The van der Waals surface area contributed by atoms with Crippen LogP contribution in [-0.4, -0.2) is 36.8 Å². The summed E-state index contributed by atoms with van der Waals surface area (Å²) in [7, 11) is 1.57. The van der Waals surface area contributed by atoms with E-state index in [0.717, 1.165) is 0 Å². The molecule has 1 aliphatic heterocycles. The topological polar surface area (TPSA) is 64.7 Å². The minimum absolute atomic E-state index is 0.233. The van der Waals surface area contributed by atoms with Gasteiger partial charge in [0, 0.05) is 19.6 Å². The normalized spacial score (nSPS) is 45.8. The lowest BCUT2D eigenvalue weighted by atomic mass is 10.0. The first-order valence-corrected chi connectivity index (χ1v) is 3.77. The molecule has 0 aliphatic carbocycles. The van der Waals surface area contributed by atoms with E-state index in [1.54, 1.807) is 14.0 Å². The van der Waals surface area contributed by atoms with Gasteiger partial charge >= 0.3 is 0 Å². The van der Waals surface area contributed by atoms with E-state index in [4.69, 9.17) is 15.2 Å². The van der Waals surface area contributed by atoms with E-state index in [2.05, 4.69) is 0 Å². The van der Waals surface area contributed by atoms with Crippen LogP contribution < -0.4 is 5.73 Å². The average Bonchev–Trinajstić information content (AvgIpc) is 1.99. The summed E-state index contributed by atoms with van der Waals surface area (Å²) in [5.74, 6) is 0. The second kappa shape index (κ2) is 3.49. The van der Waals surface area contributed by atoms with Crippen molar-refractivity contribution in [3.8, 4) is 0 Å². The molecule has 4 nitrogen and oxygen atoms in total. The minimum Gasteiger partial charge on any atom is -0.389 e.